The summed E-state index contributed by atoms with van der Waals surface area (Å²) in [6.45, 7) is 4.15. The van der Waals surface area contributed by atoms with Crippen molar-refractivity contribution in [2.24, 2.45) is 0 Å². The van der Waals surface area contributed by atoms with E-state index >= 15 is 0 Å². The Labute approximate surface area is 163 Å². The molecule has 0 saturated carbocycles. The number of hydrogen-bond donors (Lipinski definition) is 2. The Hall–Kier alpha value is -3.73. The number of hydrogen-bond acceptors (Lipinski definition) is 4. The second kappa shape index (κ2) is 7.48. The molecule has 0 bridgehead atoms. The van der Waals surface area contributed by atoms with Gasteiger partial charge in [0.1, 0.15) is 0 Å². The maximum Gasteiger partial charge on any atom is 0.257 e. The number of nitrogens with one attached hydrogen (secondary N) is 2. The molecule has 0 aliphatic rings. The number of fused-ring (bicyclic) bond motifs is 1. The van der Waals surface area contributed by atoms with Gasteiger partial charge in [-0.1, -0.05) is 24.3 Å². The standard InChI is InChI=1S/C23H20N4O/c1-15-8-9-19(11-16(15)2)26-20-12-18(13-24-14-20)23(28)27-21-7-3-5-17-6-4-10-25-22(17)21/h3-14,26H,1-2H3,(H,27,28). The minimum atomic E-state index is -0.227. The fraction of sp³-hybridized carbons (Fsp3) is 0.0870. The van der Waals surface area contributed by atoms with Crippen LogP contribution in [0.1, 0.15) is 21.5 Å². The molecule has 2 aromatic heterocycles. The van der Waals surface area contributed by atoms with E-state index in [0.717, 1.165) is 22.3 Å². The number of nitrogens with zero attached hydrogens (tertiary/aromatic N) is 2. The van der Waals surface area contributed by atoms with E-state index in [1.54, 1.807) is 24.7 Å². The highest BCUT2D eigenvalue weighted by Crippen LogP contribution is 2.23. The quantitative estimate of drug-likeness (QED) is 0.517. The van der Waals surface area contributed by atoms with Gasteiger partial charge in [-0.05, 0) is 55.3 Å². The Morgan fingerprint density at radius 2 is 1.75 bits per heavy atom. The molecular formula is C23H20N4O. The molecule has 5 heteroatoms. The summed E-state index contributed by atoms with van der Waals surface area (Å²) in [5.74, 6) is -0.227. The number of aromatic nitrogens is 2. The van der Waals surface area contributed by atoms with E-state index in [1.807, 2.05) is 36.4 Å². The van der Waals surface area contributed by atoms with Gasteiger partial charge in [0.05, 0.1) is 28.7 Å². The molecule has 4 rings (SSSR count). The van der Waals surface area contributed by atoms with E-state index in [1.165, 1.54) is 11.1 Å². The zero-order valence-corrected chi connectivity index (χ0v) is 15.7. The molecule has 2 heterocycles. The van der Waals surface area contributed by atoms with Gasteiger partial charge in [0.15, 0.2) is 0 Å². The summed E-state index contributed by atoms with van der Waals surface area (Å²) in [6, 6.07) is 17.5. The lowest BCUT2D eigenvalue weighted by Gasteiger charge is -2.11. The first-order valence-electron chi connectivity index (χ1n) is 9.04. The van der Waals surface area contributed by atoms with Crippen molar-refractivity contribution in [1.82, 2.24) is 9.97 Å². The molecule has 0 atom stereocenters. The van der Waals surface area contributed by atoms with Gasteiger partial charge in [0.25, 0.3) is 5.91 Å². The number of carbonyl (C=O) groups excluding carboxylic acids is 1. The smallest absolute Gasteiger partial charge is 0.257 e. The lowest BCUT2D eigenvalue weighted by Crippen LogP contribution is -2.13. The number of benzene rings is 2. The van der Waals surface area contributed by atoms with Crippen LogP contribution in [0.5, 0.6) is 0 Å². The average Bonchev–Trinajstić information content (AvgIpc) is 2.71. The van der Waals surface area contributed by atoms with Crippen LogP contribution >= 0.6 is 0 Å². The maximum absolute atomic E-state index is 12.8. The number of pyridine rings is 2. The Morgan fingerprint density at radius 1 is 0.893 bits per heavy atom. The van der Waals surface area contributed by atoms with Crippen LogP contribution in [0.25, 0.3) is 10.9 Å². The van der Waals surface area contributed by atoms with E-state index in [-0.39, 0.29) is 5.91 Å². The summed E-state index contributed by atoms with van der Waals surface area (Å²) in [4.78, 5) is 21.3. The number of anilines is 3. The van der Waals surface area contributed by atoms with Crippen LogP contribution < -0.4 is 10.6 Å². The molecule has 0 aliphatic heterocycles. The molecule has 0 spiro atoms. The first kappa shape index (κ1) is 17.7. The molecule has 2 N–H and O–H groups in total. The zero-order valence-electron chi connectivity index (χ0n) is 15.7. The van der Waals surface area contributed by atoms with E-state index in [0.29, 0.717) is 11.3 Å². The molecule has 5 nitrogen and oxygen atoms in total. The minimum absolute atomic E-state index is 0.227. The monoisotopic (exact) mass is 368 g/mol. The number of amides is 1. The maximum atomic E-state index is 12.8. The van der Waals surface area contributed by atoms with Crippen molar-refractivity contribution < 1.29 is 4.79 Å². The largest absolute Gasteiger partial charge is 0.354 e. The van der Waals surface area contributed by atoms with Gasteiger partial charge in [-0.2, -0.15) is 0 Å². The minimum Gasteiger partial charge on any atom is -0.354 e. The Bertz CT molecular complexity index is 1160. The molecule has 138 valence electrons. The van der Waals surface area contributed by atoms with Crippen molar-refractivity contribution in [3.8, 4) is 0 Å². The normalized spacial score (nSPS) is 10.6. The number of carbonyl (C=O) groups is 1. The summed E-state index contributed by atoms with van der Waals surface area (Å²) in [5, 5.41) is 7.22. The number of rotatable bonds is 4. The third kappa shape index (κ3) is 3.69. The van der Waals surface area contributed by atoms with E-state index in [4.69, 9.17) is 0 Å². The fourth-order valence-corrected chi connectivity index (χ4v) is 3.02. The van der Waals surface area contributed by atoms with Crippen LogP contribution in [0.2, 0.25) is 0 Å². The van der Waals surface area contributed by atoms with E-state index in [9.17, 15) is 4.79 Å². The van der Waals surface area contributed by atoms with Gasteiger partial charge in [-0.15, -0.1) is 0 Å². The van der Waals surface area contributed by atoms with E-state index < -0.39 is 0 Å². The highest BCUT2D eigenvalue weighted by atomic mass is 16.1. The summed E-state index contributed by atoms with van der Waals surface area (Å²) in [6.07, 6.45) is 4.97. The van der Waals surface area contributed by atoms with Gasteiger partial charge in [-0.3, -0.25) is 14.8 Å². The molecule has 28 heavy (non-hydrogen) atoms. The van der Waals surface area contributed by atoms with Gasteiger partial charge in [0.2, 0.25) is 0 Å². The van der Waals surface area contributed by atoms with E-state index in [2.05, 4.69) is 46.6 Å². The molecule has 4 aromatic rings. The second-order valence-corrected chi connectivity index (χ2v) is 6.72. The summed E-state index contributed by atoms with van der Waals surface area (Å²) < 4.78 is 0. The van der Waals surface area contributed by atoms with Crippen molar-refractivity contribution in [3.05, 3.63) is 89.9 Å². The Balaban J connectivity index is 1.56. The van der Waals surface area contributed by atoms with Crippen LogP contribution in [0, 0.1) is 13.8 Å². The van der Waals surface area contributed by atoms with Gasteiger partial charge < -0.3 is 10.6 Å². The number of aryl methyl sites for hydroxylation is 2. The lowest BCUT2D eigenvalue weighted by molar-refractivity contribution is 0.102. The first-order valence-corrected chi connectivity index (χ1v) is 9.04. The van der Waals surface area contributed by atoms with Crippen LogP contribution in [0.4, 0.5) is 17.1 Å². The third-order valence-corrected chi connectivity index (χ3v) is 4.68. The molecule has 0 unspecified atom stereocenters. The Kier molecular flexibility index (Phi) is 4.72. The average molecular weight is 368 g/mol. The number of para-hydroxylation sites is 1. The third-order valence-electron chi connectivity index (χ3n) is 4.68. The van der Waals surface area contributed by atoms with Gasteiger partial charge >= 0.3 is 0 Å². The molecule has 0 radical (unpaired) electrons. The lowest BCUT2D eigenvalue weighted by atomic mass is 10.1. The SMILES string of the molecule is Cc1ccc(Nc2cncc(C(=O)Nc3cccc4cccnc34)c2)cc1C. The highest BCUT2D eigenvalue weighted by Gasteiger charge is 2.10. The van der Waals surface area contributed by atoms with Crippen LogP contribution in [-0.2, 0) is 0 Å². The fourth-order valence-electron chi connectivity index (χ4n) is 3.02. The summed E-state index contributed by atoms with van der Waals surface area (Å²) in [5.41, 5.74) is 6.07. The predicted octanol–water partition coefficient (Wildman–Crippen LogP) is 5.24. The molecule has 0 saturated heterocycles. The first-order chi connectivity index (χ1) is 13.6. The zero-order chi connectivity index (χ0) is 19.5. The molecular weight excluding hydrogens is 348 g/mol. The second-order valence-electron chi connectivity index (χ2n) is 6.72. The summed E-state index contributed by atoms with van der Waals surface area (Å²) in [7, 11) is 0. The highest BCUT2D eigenvalue weighted by molar-refractivity contribution is 6.08. The van der Waals surface area contributed by atoms with Gasteiger partial charge in [0, 0.05) is 23.5 Å². The molecule has 2 aromatic carbocycles. The molecule has 0 fully saturated rings. The van der Waals surface area contributed by atoms with Crippen LogP contribution in [-0.4, -0.2) is 15.9 Å². The van der Waals surface area contributed by atoms with Crippen molar-refractivity contribution in [2.75, 3.05) is 10.6 Å². The molecule has 1 amide bonds. The molecule has 0 aliphatic carbocycles. The van der Waals surface area contributed by atoms with Gasteiger partial charge in [-0.25, -0.2) is 0 Å². The van der Waals surface area contributed by atoms with Crippen LogP contribution in [0.15, 0.2) is 73.2 Å². The van der Waals surface area contributed by atoms with Crippen molar-refractivity contribution >= 4 is 33.9 Å². The van der Waals surface area contributed by atoms with Crippen molar-refractivity contribution in [1.29, 1.82) is 0 Å². The van der Waals surface area contributed by atoms with Crippen molar-refractivity contribution in [3.63, 3.8) is 0 Å². The van der Waals surface area contributed by atoms with Crippen molar-refractivity contribution in [2.45, 2.75) is 13.8 Å². The summed E-state index contributed by atoms with van der Waals surface area (Å²) >= 11 is 0. The Morgan fingerprint density at radius 3 is 2.61 bits per heavy atom. The van der Waals surface area contributed by atoms with Crippen LogP contribution in [0.3, 0.4) is 0 Å². The topological polar surface area (TPSA) is 66.9 Å². The predicted molar refractivity (Wildman–Crippen MR) is 113 cm³/mol.